The number of nitrogens with one attached hydrogen (secondary N) is 1. The molecule has 2 N–H and O–H groups in total. The summed E-state index contributed by atoms with van der Waals surface area (Å²) >= 11 is 0. The fraction of sp³-hybridized carbons (Fsp3) is 0.571. The van der Waals surface area contributed by atoms with Crippen molar-refractivity contribution in [3.63, 3.8) is 0 Å². The number of hydrogen-bond acceptors (Lipinski definition) is 4. The van der Waals surface area contributed by atoms with E-state index in [2.05, 4.69) is 10.3 Å². The second kappa shape index (κ2) is 6.31. The van der Waals surface area contributed by atoms with Crippen molar-refractivity contribution < 1.29 is 18.3 Å². The molecule has 1 aliphatic carbocycles. The van der Waals surface area contributed by atoms with E-state index in [0.717, 1.165) is 37.8 Å². The van der Waals surface area contributed by atoms with E-state index in [0.29, 0.717) is 0 Å². The number of nitriles is 1. The number of halogens is 3. The number of pyridine rings is 1. The highest BCUT2D eigenvalue weighted by molar-refractivity contribution is 5.53. The molecule has 2 atom stereocenters. The standard InChI is InChI=1S/C14H16F3N3O/c15-14(16,17)12-6-5-9(7-18)13(20-12)19-11-4-2-1-3-10(11)8-21/h5-6,10-11,21H,1-4,8H2,(H,19,20)/t10-,11+/m0/s1. The summed E-state index contributed by atoms with van der Waals surface area (Å²) in [5.41, 5.74) is -0.953. The molecule has 4 nitrogen and oxygen atoms in total. The summed E-state index contributed by atoms with van der Waals surface area (Å²) in [6.07, 6.45) is -1.06. The third kappa shape index (κ3) is 3.64. The number of rotatable bonds is 3. The van der Waals surface area contributed by atoms with E-state index in [1.165, 1.54) is 0 Å². The highest BCUT2D eigenvalue weighted by atomic mass is 19.4. The van der Waals surface area contributed by atoms with Crippen LogP contribution in [-0.2, 0) is 6.18 Å². The molecule has 0 amide bonds. The highest BCUT2D eigenvalue weighted by Gasteiger charge is 2.33. The molecule has 1 aromatic heterocycles. The number of hydrogen-bond donors (Lipinski definition) is 2. The number of aromatic nitrogens is 1. The van der Waals surface area contributed by atoms with Gasteiger partial charge in [0.1, 0.15) is 17.6 Å². The van der Waals surface area contributed by atoms with Gasteiger partial charge in [0.25, 0.3) is 0 Å². The third-order valence-corrected chi connectivity index (χ3v) is 3.77. The van der Waals surface area contributed by atoms with Gasteiger partial charge in [0.15, 0.2) is 0 Å². The topological polar surface area (TPSA) is 68.9 Å². The molecule has 0 radical (unpaired) electrons. The Kier molecular flexibility index (Phi) is 4.68. The molecule has 1 aliphatic rings. The monoisotopic (exact) mass is 299 g/mol. The van der Waals surface area contributed by atoms with Gasteiger partial charge in [-0.2, -0.15) is 18.4 Å². The lowest BCUT2D eigenvalue weighted by molar-refractivity contribution is -0.141. The largest absolute Gasteiger partial charge is 0.433 e. The third-order valence-electron chi connectivity index (χ3n) is 3.77. The maximum absolute atomic E-state index is 12.7. The van der Waals surface area contributed by atoms with Gasteiger partial charge in [0.2, 0.25) is 0 Å². The first-order valence-electron chi connectivity index (χ1n) is 6.81. The van der Waals surface area contributed by atoms with Crippen molar-refractivity contribution >= 4 is 5.82 Å². The van der Waals surface area contributed by atoms with Crippen molar-refractivity contribution in [3.05, 3.63) is 23.4 Å². The molecule has 21 heavy (non-hydrogen) atoms. The average Bonchev–Trinajstić information content (AvgIpc) is 2.47. The van der Waals surface area contributed by atoms with Crippen LogP contribution in [-0.4, -0.2) is 22.7 Å². The summed E-state index contributed by atoms with van der Waals surface area (Å²) in [4.78, 5) is 3.54. The van der Waals surface area contributed by atoms with E-state index >= 15 is 0 Å². The highest BCUT2D eigenvalue weighted by Crippen LogP contribution is 2.31. The molecule has 0 aliphatic heterocycles. The van der Waals surface area contributed by atoms with Crippen LogP contribution in [0.4, 0.5) is 19.0 Å². The molecule has 0 spiro atoms. The van der Waals surface area contributed by atoms with Gasteiger partial charge in [-0.05, 0) is 25.0 Å². The molecular weight excluding hydrogens is 283 g/mol. The van der Waals surface area contributed by atoms with Gasteiger partial charge in [0, 0.05) is 18.6 Å². The Balaban J connectivity index is 2.27. The maximum atomic E-state index is 12.7. The second-order valence-corrected chi connectivity index (χ2v) is 5.18. The molecule has 1 fully saturated rings. The lowest BCUT2D eigenvalue weighted by Gasteiger charge is -2.31. The fourth-order valence-corrected chi connectivity index (χ4v) is 2.61. The first kappa shape index (κ1) is 15.6. The van der Waals surface area contributed by atoms with Crippen molar-refractivity contribution in [1.29, 1.82) is 5.26 Å². The van der Waals surface area contributed by atoms with E-state index in [1.54, 1.807) is 0 Å². The zero-order valence-electron chi connectivity index (χ0n) is 11.3. The first-order valence-corrected chi connectivity index (χ1v) is 6.81. The molecule has 0 unspecified atom stereocenters. The van der Waals surface area contributed by atoms with E-state index in [4.69, 9.17) is 5.26 Å². The van der Waals surface area contributed by atoms with Crippen molar-refractivity contribution in [2.75, 3.05) is 11.9 Å². The lowest BCUT2D eigenvalue weighted by Crippen LogP contribution is -2.35. The molecule has 0 bridgehead atoms. The van der Waals surface area contributed by atoms with Crippen molar-refractivity contribution in [2.24, 2.45) is 5.92 Å². The minimum absolute atomic E-state index is 0.0263. The molecule has 0 saturated heterocycles. The number of nitrogens with zero attached hydrogens (tertiary/aromatic N) is 2. The van der Waals surface area contributed by atoms with Gasteiger partial charge in [-0.15, -0.1) is 0 Å². The Morgan fingerprint density at radius 1 is 1.33 bits per heavy atom. The van der Waals surface area contributed by atoms with Gasteiger partial charge in [-0.3, -0.25) is 0 Å². The molecule has 1 saturated carbocycles. The van der Waals surface area contributed by atoms with Crippen LogP contribution in [0.5, 0.6) is 0 Å². The maximum Gasteiger partial charge on any atom is 0.433 e. The Labute approximate surface area is 120 Å². The van der Waals surface area contributed by atoms with E-state index in [-0.39, 0.29) is 29.9 Å². The van der Waals surface area contributed by atoms with E-state index in [9.17, 15) is 18.3 Å². The summed E-state index contributed by atoms with van der Waals surface area (Å²) in [6, 6.07) is 3.60. The first-order chi connectivity index (χ1) is 9.95. The van der Waals surface area contributed by atoms with Crippen LogP contribution in [0, 0.1) is 17.2 Å². The Morgan fingerprint density at radius 2 is 2.05 bits per heavy atom. The van der Waals surface area contributed by atoms with Gasteiger partial charge in [0.05, 0.1) is 5.56 Å². The predicted octanol–water partition coefficient (Wildman–Crippen LogP) is 2.94. The molecule has 0 aromatic carbocycles. The second-order valence-electron chi connectivity index (χ2n) is 5.18. The minimum atomic E-state index is -4.55. The number of anilines is 1. The summed E-state index contributed by atoms with van der Waals surface area (Å²) in [5, 5.41) is 21.3. The van der Waals surface area contributed by atoms with Crippen LogP contribution in [0.1, 0.15) is 36.9 Å². The van der Waals surface area contributed by atoms with E-state index < -0.39 is 11.9 Å². The SMILES string of the molecule is N#Cc1ccc(C(F)(F)F)nc1N[C@@H]1CCCC[C@H]1CO. The lowest BCUT2D eigenvalue weighted by atomic mass is 9.85. The number of aliphatic hydroxyl groups is 1. The van der Waals surface area contributed by atoms with Crippen LogP contribution in [0.25, 0.3) is 0 Å². The van der Waals surface area contributed by atoms with Crippen molar-refractivity contribution in [1.82, 2.24) is 4.98 Å². The molecule has 114 valence electrons. The Morgan fingerprint density at radius 3 is 2.67 bits per heavy atom. The molecule has 1 heterocycles. The van der Waals surface area contributed by atoms with Crippen LogP contribution < -0.4 is 5.32 Å². The van der Waals surface area contributed by atoms with Crippen LogP contribution in [0.3, 0.4) is 0 Å². The zero-order valence-corrected chi connectivity index (χ0v) is 11.3. The Hall–Kier alpha value is -1.81. The summed E-state index contributed by atoms with van der Waals surface area (Å²) in [5.74, 6) is -0.0840. The van der Waals surface area contributed by atoms with Crippen LogP contribution in [0.2, 0.25) is 0 Å². The molecule has 7 heteroatoms. The summed E-state index contributed by atoms with van der Waals surface area (Å²) in [6.45, 7) is -0.0293. The minimum Gasteiger partial charge on any atom is -0.396 e. The predicted molar refractivity (Wildman–Crippen MR) is 70.4 cm³/mol. The van der Waals surface area contributed by atoms with E-state index in [1.807, 2.05) is 6.07 Å². The van der Waals surface area contributed by atoms with Gasteiger partial charge in [-0.25, -0.2) is 4.98 Å². The smallest absolute Gasteiger partial charge is 0.396 e. The summed E-state index contributed by atoms with van der Waals surface area (Å²) in [7, 11) is 0. The molecule has 1 aromatic rings. The molecular formula is C14H16F3N3O. The van der Waals surface area contributed by atoms with Gasteiger partial charge < -0.3 is 10.4 Å². The molecule has 2 rings (SSSR count). The quantitative estimate of drug-likeness (QED) is 0.900. The fourth-order valence-electron chi connectivity index (χ4n) is 2.61. The van der Waals surface area contributed by atoms with Crippen molar-refractivity contribution in [2.45, 2.75) is 37.9 Å². The summed E-state index contributed by atoms with van der Waals surface area (Å²) < 4.78 is 38.1. The van der Waals surface area contributed by atoms with Crippen molar-refractivity contribution in [3.8, 4) is 6.07 Å². The number of aliphatic hydroxyl groups excluding tert-OH is 1. The van der Waals surface area contributed by atoms with Crippen LogP contribution >= 0.6 is 0 Å². The van der Waals surface area contributed by atoms with Gasteiger partial charge in [-0.1, -0.05) is 12.8 Å². The van der Waals surface area contributed by atoms with Crippen LogP contribution in [0.15, 0.2) is 12.1 Å². The number of alkyl halides is 3. The average molecular weight is 299 g/mol. The Bertz CT molecular complexity index is 539. The zero-order chi connectivity index (χ0) is 15.5. The normalized spacial score (nSPS) is 22.6. The van der Waals surface area contributed by atoms with Gasteiger partial charge >= 0.3 is 6.18 Å².